The van der Waals surface area contributed by atoms with Gasteiger partial charge in [0.05, 0.1) is 0 Å². The number of rotatable bonds is 3. The van der Waals surface area contributed by atoms with Crippen molar-refractivity contribution in [1.82, 2.24) is 5.32 Å². The lowest BCUT2D eigenvalue weighted by Crippen LogP contribution is -2.38. The van der Waals surface area contributed by atoms with Crippen molar-refractivity contribution in [3.05, 3.63) is 34.9 Å². The number of benzene rings is 1. The van der Waals surface area contributed by atoms with Crippen molar-refractivity contribution in [3.63, 3.8) is 0 Å². The van der Waals surface area contributed by atoms with Gasteiger partial charge in [0.1, 0.15) is 0 Å². The maximum absolute atomic E-state index is 5.96. The third-order valence-corrected chi connectivity index (χ3v) is 4.68. The molecule has 0 bridgehead atoms. The summed E-state index contributed by atoms with van der Waals surface area (Å²) in [6.45, 7) is 3.25. The summed E-state index contributed by atoms with van der Waals surface area (Å²) >= 11 is 8.04. The summed E-state index contributed by atoms with van der Waals surface area (Å²) in [6.07, 6.45) is 2.64. The van der Waals surface area contributed by atoms with Gasteiger partial charge in [-0.1, -0.05) is 30.7 Å². The van der Waals surface area contributed by atoms with Crippen LogP contribution in [0.3, 0.4) is 0 Å². The highest BCUT2D eigenvalue weighted by Crippen LogP contribution is 2.25. The molecule has 16 heavy (non-hydrogen) atoms. The molecule has 0 spiro atoms. The quantitative estimate of drug-likeness (QED) is 0.884. The molecule has 2 atom stereocenters. The van der Waals surface area contributed by atoms with Crippen LogP contribution in [0, 0.1) is 0 Å². The van der Waals surface area contributed by atoms with Crippen molar-refractivity contribution >= 4 is 23.4 Å². The van der Waals surface area contributed by atoms with Crippen LogP contribution in [0.4, 0.5) is 0 Å². The second kappa shape index (κ2) is 5.95. The van der Waals surface area contributed by atoms with Gasteiger partial charge in [-0.3, -0.25) is 0 Å². The Bertz CT molecular complexity index is 342. The number of thioether (sulfide) groups is 1. The Morgan fingerprint density at radius 2 is 2.38 bits per heavy atom. The number of halogens is 1. The summed E-state index contributed by atoms with van der Waals surface area (Å²) in [6, 6.07) is 8.75. The smallest absolute Gasteiger partial charge is 0.0409 e. The molecule has 1 heterocycles. The molecule has 1 N–H and O–H groups in total. The summed E-state index contributed by atoms with van der Waals surface area (Å²) in [7, 11) is 0. The van der Waals surface area contributed by atoms with Crippen LogP contribution in [0.1, 0.15) is 25.3 Å². The first-order chi connectivity index (χ1) is 7.75. The highest BCUT2D eigenvalue weighted by atomic mass is 35.5. The van der Waals surface area contributed by atoms with Crippen LogP contribution >= 0.6 is 23.4 Å². The number of hydrogen-bond acceptors (Lipinski definition) is 2. The fraction of sp³-hybridized carbons (Fsp3) is 0.538. The second-order valence-electron chi connectivity index (χ2n) is 4.34. The van der Waals surface area contributed by atoms with Crippen molar-refractivity contribution in [2.45, 2.75) is 37.6 Å². The van der Waals surface area contributed by atoms with Gasteiger partial charge < -0.3 is 5.32 Å². The summed E-state index contributed by atoms with van der Waals surface area (Å²) in [5.41, 5.74) is 1.27. The molecular formula is C13H18ClNS. The third kappa shape index (κ3) is 3.41. The van der Waals surface area contributed by atoms with Gasteiger partial charge in [-0.25, -0.2) is 0 Å². The van der Waals surface area contributed by atoms with Crippen LogP contribution in [0.5, 0.6) is 0 Å². The maximum atomic E-state index is 5.96. The van der Waals surface area contributed by atoms with Gasteiger partial charge in [0.15, 0.2) is 0 Å². The highest BCUT2D eigenvalue weighted by molar-refractivity contribution is 7.99. The van der Waals surface area contributed by atoms with Crippen molar-refractivity contribution in [2.75, 3.05) is 5.75 Å². The molecule has 2 unspecified atom stereocenters. The molecule has 1 aliphatic heterocycles. The SMILES string of the molecule is CC1SCCCC1NCc1cccc(Cl)c1. The average molecular weight is 256 g/mol. The Labute approximate surface area is 107 Å². The molecule has 0 saturated carbocycles. The van der Waals surface area contributed by atoms with E-state index in [9.17, 15) is 0 Å². The van der Waals surface area contributed by atoms with Crippen molar-refractivity contribution in [1.29, 1.82) is 0 Å². The van der Waals surface area contributed by atoms with Gasteiger partial charge in [0.2, 0.25) is 0 Å². The van der Waals surface area contributed by atoms with Gasteiger partial charge in [-0.05, 0) is 36.3 Å². The van der Waals surface area contributed by atoms with Crippen molar-refractivity contribution in [3.8, 4) is 0 Å². The second-order valence-corrected chi connectivity index (χ2v) is 6.26. The zero-order chi connectivity index (χ0) is 11.4. The van der Waals surface area contributed by atoms with Gasteiger partial charge >= 0.3 is 0 Å². The number of nitrogens with one attached hydrogen (secondary N) is 1. The van der Waals surface area contributed by atoms with E-state index in [4.69, 9.17) is 11.6 Å². The fourth-order valence-electron chi connectivity index (χ4n) is 2.09. The van der Waals surface area contributed by atoms with Crippen LogP contribution in [0.15, 0.2) is 24.3 Å². The highest BCUT2D eigenvalue weighted by Gasteiger charge is 2.20. The van der Waals surface area contributed by atoms with Crippen LogP contribution in [0.25, 0.3) is 0 Å². The van der Waals surface area contributed by atoms with Crippen LogP contribution in [0.2, 0.25) is 5.02 Å². The van der Waals surface area contributed by atoms with Gasteiger partial charge in [-0.2, -0.15) is 11.8 Å². The maximum Gasteiger partial charge on any atom is 0.0409 e. The Morgan fingerprint density at radius 1 is 1.50 bits per heavy atom. The van der Waals surface area contributed by atoms with E-state index in [1.165, 1.54) is 24.2 Å². The first kappa shape index (κ1) is 12.3. The average Bonchev–Trinajstić information content (AvgIpc) is 2.28. The van der Waals surface area contributed by atoms with E-state index in [2.05, 4.69) is 30.1 Å². The Hall–Kier alpha value is -0.180. The molecule has 0 aliphatic carbocycles. The van der Waals surface area contributed by atoms with Crippen molar-refractivity contribution in [2.24, 2.45) is 0 Å². The summed E-state index contributed by atoms with van der Waals surface area (Å²) in [4.78, 5) is 0. The molecule has 0 aromatic heterocycles. The lowest BCUT2D eigenvalue weighted by Gasteiger charge is -2.29. The zero-order valence-electron chi connectivity index (χ0n) is 9.58. The first-order valence-electron chi connectivity index (χ1n) is 5.85. The predicted octanol–water partition coefficient (Wildman–Crippen LogP) is 3.71. The fourth-order valence-corrected chi connectivity index (χ4v) is 3.47. The van der Waals surface area contributed by atoms with E-state index in [0.717, 1.165) is 16.8 Å². The molecule has 88 valence electrons. The monoisotopic (exact) mass is 255 g/mol. The van der Waals surface area contributed by atoms with E-state index >= 15 is 0 Å². The third-order valence-electron chi connectivity index (χ3n) is 3.06. The van der Waals surface area contributed by atoms with E-state index in [1.54, 1.807) is 0 Å². The van der Waals surface area contributed by atoms with E-state index in [1.807, 2.05) is 18.2 Å². The summed E-state index contributed by atoms with van der Waals surface area (Å²) in [5.74, 6) is 1.32. The van der Waals surface area contributed by atoms with Crippen LogP contribution in [-0.2, 0) is 6.54 Å². The zero-order valence-corrected chi connectivity index (χ0v) is 11.2. The lowest BCUT2D eigenvalue weighted by molar-refractivity contribution is 0.462. The predicted molar refractivity (Wildman–Crippen MR) is 73.2 cm³/mol. The van der Waals surface area contributed by atoms with E-state index < -0.39 is 0 Å². The molecule has 1 saturated heterocycles. The summed E-state index contributed by atoms with van der Waals surface area (Å²) < 4.78 is 0. The minimum absolute atomic E-state index is 0.651. The molecule has 1 fully saturated rings. The van der Waals surface area contributed by atoms with Gasteiger partial charge in [0, 0.05) is 22.9 Å². The van der Waals surface area contributed by atoms with E-state index in [0.29, 0.717) is 6.04 Å². The minimum atomic E-state index is 0.651. The topological polar surface area (TPSA) is 12.0 Å². The molecule has 1 nitrogen and oxygen atoms in total. The molecule has 0 amide bonds. The lowest BCUT2D eigenvalue weighted by atomic mass is 10.1. The molecular weight excluding hydrogens is 238 g/mol. The standard InChI is InChI=1S/C13H18ClNS/c1-10-13(6-3-7-16-10)15-9-11-4-2-5-12(14)8-11/h2,4-5,8,10,13,15H,3,6-7,9H2,1H3. The Balaban J connectivity index is 1.86. The molecule has 0 radical (unpaired) electrons. The normalized spacial score (nSPS) is 25.6. The van der Waals surface area contributed by atoms with Crippen LogP contribution < -0.4 is 5.32 Å². The van der Waals surface area contributed by atoms with Crippen molar-refractivity contribution < 1.29 is 0 Å². The largest absolute Gasteiger partial charge is 0.309 e. The molecule has 3 heteroatoms. The molecule has 1 aliphatic rings. The molecule has 1 aromatic rings. The van der Waals surface area contributed by atoms with E-state index in [-0.39, 0.29) is 0 Å². The van der Waals surface area contributed by atoms with Crippen LogP contribution in [-0.4, -0.2) is 17.0 Å². The van der Waals surface area contributed by atoms with Gasteiger partial charge in [-0.15, -0.1) is 0 Å². The minimum Gasteiger partial charge on any atom is -0.309 e. The number of hydrogen-bond donors (Lipinski definition) is 1. The Kier molecular flexibility index (Phi) is 4.56. The first-order valence-corrected chi connectivity index (χ1v) is 7.28. The summed E-state index contributed by atoms with van der Waals surface area (Å²) in [5, 5.41) is 5.19. The van der Waals surface area contributed by atoms with Gasteiger partial charge in [0.25, 0.3) is 0 Å². The Morgan fingerprint density at radius 3 is 3.12 bits per heavy atom. The molecule has 2 rings (SSSR count). The molecule has 1 aromatic carbocycles.